The number of hydrogen-bond acceptors (Lipinski definition) is 10. The molecule has 0 radical (unpaired) electrons. The van der Waals surface area contributed by atoms with E-state index >= 15 is 0 Å². The minimum Gasteiger partial charge on any atom is -0.493 e. The number of rotatable bonds is 5. The van der Waals surface area contributed by atoms with Crippen LogP contribution >= 0.6 is 28.1 Å². The van der Waals surface area contributed by atoms with Crippen LogP contribution in [0.5, 0.6) is 5.88 Å². The molecule has 1 aliphatic heterocycles. The van der Waals surface area contributed by atoms with Crippen molar-refractivity contribution in [2.45, 2.75) is 45.3 Å². The van der Waals surface area contributed by atoms with Crippen LogP contribution in [-0.2, 0) is 33.3 Å². The second-order valence-corrected chi connectivity index (χ2v) is 8.60. The largest absolute Gasteiger partial charge is 0.493 e. The smallest absolute Gasteiger partial charge is 0.303 e. The van der Waals surface area contributed by atoms with Crippen LogP contribution < -0.4 is 5.73 Å². The van der Waals surface area contributed by atoms with Crippen molar-refractivity contribution in [2.24, 2.45) is 16.0 Å². The summed E-state index contributed by atoms with van der Waals surface area (Å²) >= 11 is 8.10. The lowest BCUT2D eigenvalue weighted by atomic mass is 10.0. The number of aromatic nitrogens is 1. The molecule has 12 nitrogen and oxygen atoms in total. The molecule has 0 aliphatic carbocycles. The fourth-order valence-corrected chi connectivity index (χ4v) is 4.06. The highest BCUT2D eigenvalue weighted by atomic mass is 79.9. The molecule has 2 aromatic rings. The lowest BCUT2D eigenvalue weighted by Gasteiger charge is -2.41. The maximum absolute atomic E-state index is 12.0. The van der Waals surface area contributed by atoms with Gasteiger partial charge in [0.1, 0.15) is 0 Å². The van der Waals surface area contributed by atoms with Crippen LogP contribution in [0.3, 0.4) is 0 Å². The normalized spacial score (nSPS) is 22.5. The maximum Gasteiger partial charge on any atom is 0.303 e. The molecule has 0 spiro atoms. The van der Waals surface area contributed by atoms with Gasteiger partial charge in [-0.15, -0.1) is 10.2 Å². The van der Waals surface area contributed by atoms with Crippen LogP contribution in [0.1, 0.15) is 27.0 Å². The number of benzene rings is 1. The summed E-state index contributed by atoms with van der Waals surface area (Å²) in [6.07, 6.45) is -4.78. The number of esters is 3. The maximum atomic E-state index is 12.0. The Balaban J connectivity index is 2.19. The number of thiocarbonyl (C=S) groups is 1. The molecule has 0 saturated carbocycles. The molecule has 1 saturated heterocycles. The monoisotopic (exact) mass is 556 g/mol. The first-order valence-corrected chi connectivity index (χ1v) is 11.1. The molecule has 14 heteroatoms. The van der Waals surface area contributed by atoms with Crippen molar-refractivity contribution in [3.63, 3.8) is 0 Å². The highest BCUT2D eigenvalue weighted by Crippen LogP contribution is 2.45. The molecule has 3 N–H and O–H groups in total. The topological polar surface area (TPSA) is 164 Å². The third kappa shape index (κ3) is 5.51. The number of fused-ring (bicyclic) bond motifs is 1. The highest BCUT2D eigenvalue weighted by Gasteiger charge is 2.48. The summed E-state index contributed by atoms with van der Waals surface area (Å²) in [6, 6.07) is 5.04. The molecule has 0 amide bonds. The van der Waals surface area contributed by atoms with Crippen LogP contribution in [0.15, 0.2) is 32.9 Å². The van der Waals surface area contributed by atoms with Gasteiger partial charge in [-0.3, -0.25) is 19.0 Å². The van der Waals surface area contributed by atoms with Gasteiger partial charge in [-0.25, -0.2) is 0 Å². The van der Waals surface area contributed by atoms with Gasteiger partial charge in [0.2, 0.25) is 11.0 Å². The fourth-order valence-electron chi connectivity index (χ4n) is 3.66. The van der Waals surface area contributed by atoms with Crippen molar-refractivity contribution in [3.05, 3.63) is 22.7 Å². The first-order chi connectivity index (χ1) is 16.0. The molecule has 1 aromatic heterocycles. The van der Waals surface area contributed by atoms with E-state index in [4.69, 9.17) is 36.9 Å². The Morgan fingerprint density at radius 3 is 2.35 bits per heavy atom. The number of nitrogens with two attached hydrogens (primary N) is 1. The number of carbonyl (C=O) groups is 3. The van der Waals surface area contributed by atoms with Crippen molar-refractivity contribution in [3.8, 4) is 5.88 Å². The summed E-state index contributed by atoms with van der Waals surface area (Å²) < 4.78 is 23.9. The fraction of sp³-hybridized carbons (Fsp3) is 0.400. The molecule has 3 rings (SSSR count). The van der Waals surface area contributed by atoms with E-state index in [0.717, 1.165) is 13.8 Å². The summed E-state index contributed by atoms with van der Waals surface area (Å²) in [6.45, 7) is 3.28. The van der Waals surface area contributed by atoms with Gasteiger partial charge in [-0.05, 0) is 30.4 Å². The second-order valence-electron chi connectivity index (χ2n) is 7.26. The average Bonchev–Trinajstić information content (AvgIpc) is 2.98. The predicted molar refractivity (Wildman–Crippen MR) is 124 cm³/mol. The summed E-state index contributed by atoms with van der Waals surface area (Å²) in [4.78, 5) is 35.4. The van der Waals surface area contributed by atoms with Gasteiger partial charge in [-0.2, -0.15) is 0 Å². The number of azo groups is 1. The van der Waals surface area contributed by atoms with Crippen molar-refractivity contribution in [1.82, 2.24) is 4.57 Å². The van der Waals surface area contributed by atoms with Crippen LogP contribution in [0.25, 0.3) is 10.9 Å². The number of aromatic hydroxyl groups is 1. The number of nitrogens with zero attached hydrogens (tertiary/aromatic N) is 3. The van der Waals surface area contributed by atoms with E-state index in [1.165, 1.54) is 11.5 Å². The van der Waals surface area contributed by atoms with Gasteiger partial charge in [0.15, 0.2) is 30.2 Å². The summed E-state index contributed by atoms with van der Waals surface area (Å²) in [5.74, 6) is -2.46. The Hall–Kier alpha value is -3.10. The van der Waals surface area contributed by atoms with E-state index in [9.17, 15) is 19.5 Å². The number of ether oxygens (including phenoxy) is 4. The molecule has 2 heterocycles. The molecule has 182 valence electrons. The Morgan fingerprint density at radius 2 is 1.76 bits per heavy atom. The SMILES string of the molecule is CC(=O)OC1COC(n2c(O)c(N=NC(N)=S)c3cc(Br)ccc32)C(OC(C)=O)C1OC(C)=O. The molecule has 4 atom stereocenters. The average molecular weight is 557 g/mol. The number of halogens is 1. The first kappa shape index (κ1) is 25.5. The van der Waals surface area contributed by atoms with E-state index in [2.05, 4.69) is 26.2 Å². The van der Waals surface area contributed by atoms with Gasteiger partial charge in [0.25, 0.3) is 0 Å². The van der Waals surface area contributed by atoms with Crippen LogP contribution in [0, 0.1) is 0 Å². The summed E-state index contributed by atoms with van der Waals surface area (Å²) in [5.41, 5.74) is 5.86. The van der Waals surface area contributed by atoms with E-state index < -0.39 is 48.3 Å². The van der Waals surface area contributed by atoms with Crippen LogP contribution in [0.2, 0.25) is 0 Å². The molecule has 34 heavy (non-hydrogen) atoms. The zero-order valence-electron chi connectivity index (χ0n) is 18.3. The summed E-state index contributed by atoms with van der Waals surface area (Å²) in [5, 5.41) is 18.9. The van der Waals surface area contributed by atoms with Crippen molar-refractivity contribution >= 4 is 67.8 Å². The van der Waals surface area contributed by atoms with Gasteiger partial charge in [-0.1, -0.05) is 15.9 Å². The third-order valence-corrected chi connectivity index (χ3v) is 5.32. The zero-order chi connectivity index (χ0) is 25.2. The molecule has 1 fully saturated rings. The van der Waals surface area contributed by atoms with Crippen LogP contribution in [-0.4, -0.2) is 57.6 Å². The van der Waals surface area contributed by atoms with E-state index in [1.807, 2.05) is 0 Å². The molecule has 1 aliphatic rings. The number of hydrogen-bond donors (Lipinski definition) is 2. The Labute approximate surface area is 207 Å². The molecular weight excluding hydrogens is 536 g/mol. The van der Waals surface area contributed by atoms with Crippen molar-refractivity contribution in [2.75, 3.05) is 6.61 Å². The van der Waals surface area contributed by atoms with Crippen molar-refractivity contribution < 1.29 is 38.4 Å². The molecule has 1 aromatic carbocycles. The Morgan fingerprint density at radius 1 is 1.15 bits per heavy atom. The second kappa shape index (κ2) is 10.4. The molecular formula is C20H21BrN4O8S. The minimum atomic E-state index is -1.30. The van der Waals surface area contributed by atoms with Gasteiger partial charge in [0.05, 0.1) is 12.1 Å². The highest BCUT2D eigenvalue weighted by molar-refractivity contribution is 9.10. The lowest BCUT2D eigenvalue weighted by Crippen LogP contribution is -2.55. The predicted octanol–water partition coefficient (Wildman–Crippen LogP) is 2.76. The quantitative estimate of drug-likeness (QED) is 0.242. The number of carbonyl (C=O) groups excluding carboxylic acids is 3. The Bertz CT molecular complexity index is 1180. The lowest BCUT2D eigenvalue weighted by molar-refractivity contribution is -0.239. The molecule has 4 unspecified atom stereocenters. The van der Waals surface area contributed by atoms with E-state index in [1.54, 1.807) is 18.2 Å². The summed E-state index contributed by atoms with van der Waals surface area (Å²) in [7, 11) is 0. The molecule has 0 bridgehead atoms. The Kier molecular flexibility index (Phi) is 7.84. The zero-order valence-corrected chi connectivity index (χ0v) is 20.7. The van der Waals surface area contributed by atoms with Gasteiger partial charge >= 0.3 is 17.9 Å². The van der Waals surface area contributed by atoms with Crippen LogP contribution in [0.4, 0.5) is 5.69 Å². The minimum absolute atomic E-state index is 0.0282. The standard InChI is InChI=1S/C20H21BrN4O8S/c1-8(26)31-14-7-30-19(17(33-10(3)28)16(14)32-9(2)27)25-13-5-4-11(21)6-12(13)15(18(25)29)23-24-20(22)34/h4-6,14,16-17,19,29H,7H2,1-3H3,(H2,22,34). The van der Waals surface area contributed by atoms with E-state index in [-0.39, 0.29) is 17.4 Å². The third-order valence-electron chi connectivity index (χ3n) is 4.74. The van der Waals surface area contributed by atoms with Crippen molar-refractivity contribution in [1.29, 1.82) is 0 Å². The van der Waals surface area contributed by atoms with E-state index in [0.29, 0.717) is 15.4 Å². The first-order valence-electron chi connectivity index (χ1n) is 9.86. The van der Waals surface area contributed by atoms with Gasteiger partial charge < -0.3 is 29.8 Å². The van der Waals surface area contributed by atoms with Gasteiger partial charge in [0, 0.05) is 30.6 Å².